The van der Waals surface area contributed by atoms with Crippen molar-refractivity contribution in [2.45, 2.75) is 12.5 Å². The lowest BCUT2D eigenvalue weighted by atomic mass is 9.98. The number of carbonyl (C=O) groups excluding carboxylic acids is 1. The Labute approximate surface area is 162 Å². The van der Waals surface area contributed by atoms with E-state index in [1.54, 1.807) is 24.3 Å². The third kappa shape index (κ3) is 3.34. The summed E-state index contributed by atoms with van der Waals surface area (Å²) in [6, 6.07) is 25.0. The first kappa shape index (κ1) is 17.8. The molecule has 0 aromatic heterocycles. The highest BCUT2D eigenvalue weighted by atomic mass is 16.6. The van der Waals surface area contributed by atoms with Gasteiger partial charge in [0.25, 0.3) is 0 Å². The van der Waals surface area contributed by atoms with E-state index in [0.29, 0.717) is 4.90 Å². The maximum atomic E-state index is 12.5. The van der Waals surface area contributed by atoms with Gasteiger partial charge in [0, 0.05) is 5.92 Å². The molecule has 0 unspecified atom stereocenters. The van der Waals surface area contributed by atoms with Gasteiger partial charge in [-0.2, -0.15) is 0 Å². The summed E-state index contributed by atoms with van der Waals surface area (Å²) in [5.74, 6) is -0.108. The van der Waals surface area contributed by atoms with Crippen molar-refractivity contribution in [1.82, 2.24) is 4.90 Å². The highest BCUT2D eigenvalue weighted by Gasteiger charge is 2.30. The molecule has 0 radical (unpaired) electrons. The number of fused-ring (bicyclic) bond motifs is 3. The number of benzene rings is 3. The zero-order chi connectivity index (χ0) is 19.5. The Kier molecular flexibility index (Phi) is 4.81. The third-order valence-corrected chi connectivity index (χ3v) is 4.97. The van der Waals surface area contributed by atoms with Crippen molar-refractivity contribution in [1.29, 1.82) is 0 Å². The number of imide groups is 1. The zero-order valence-corrected chi connectivity index (χ0v) is 15.1. The average Bonchev–Trinajstić information content (AvgIpc) is 3.05. The van der Waals surface area contributed by atoms with Crippen LogP contribution in [0.5, 0.6) is 0 Å². The van der Waals surface area contributed by atoms with E-state index < -0.39 is 12.2 Å². The Morgan fingerprint density at radius 1 is 0.821 bits per heavy atom. The topological polar surface area (TPSA) is 66.8 Å². The van der Waals surface area contributed by atoms with Crippen LogP contribution in [-0.2, 0) is 11.3 Å². The average molecular weight is 373 g/mol. The number of carbonyl (C=O) groups is 2. The van der Waals surface area contributed by atoms with Crippen molar-refractivity contribution in [2.24, 2.45) is 0 Å². The van der Waals surface area contributed by atoms with E-state index in [-0.39, 0.29) is 19.1 Å². The van der Waals surface area contributed by atoms with Gasteiger partial charge in [0.1, 0.15) is 6.61 Å². The zero-order valence-electron chi connectivity index (χ0n) is 15.1. The van der Waals surface area contributed by atoms with Crippen LogP contribution in [0.1, 0.15) is 22.6 Å². The van der Waals surface area contributed by atoms with Gasteiger partial charge in [-0.25, -0.2) is 14.5 Å². The molecule has 0 heterocycles. The predicted molar refractivity (Wildman–Crippen MR) is 105 cm³/mol. The van der Waals surface area contributed by atoms with Crippen molar-refractivity contribution in [3.8, 4) is 11.1 Å². The molecular weight excluding hydrogens is 354 g/mol. The molecule has 5 nitrogen and oxygen atoms in total. The van der Waals surface area contributed by atoms with Crippen LogP contribution in [0.4, 0.5) is 9.59 Å². The molecule has 0 atom stereocenters. The van der Waals surface area contributed by atoms with Gasteiger partial charge in [-0.3, -0.25) is 0 Å². The Morgan fingerprint density at radius 3 is 1.93 bits per heavy atom. The standard InChI is InChI=1S/C23H19NO4/c25-22(26)24(14-16-8-2-1-3-9-16)23(27)28-15-21-19-12-6-4-10-17(19)18-11-5-7-13-20(18)21/h1-13,21H,14-15H2,(H,25,26). The first-order valence-electron chi connectivity index (χ1n) is 9.04. The maximum Gasteiger partial charge on any atom is 0.419 e. The van der Waals surface area contributed by atoms with Crippen LogP contribution in [0, 0.1) is 0 Å². The Balaban J connectivity index is 1.52. The molecule has 0 saturated carbocycles. The minimum atomic E-state index is -1.33. The Morgan fingerprint density at radius 2 is 1.36 bits per heavy atom. The van der Waals surface area contributed by atoms with E-state index in [0.717, 1.165) is 27.8 Å². The lowest BCUT2D eigenvalue weighted by Crippen LogP contribution is -2.36. The summed E-state index contributed by atoms with van der Waals surface area (Å²) in [5, 5.41) is 9.44. The Bertz CT molecular complexity index is 970. The summed E-state index contributed by atoms with van der Waals surface area (Å²) in [5.41, 5.74) is 5.14. The molecule has 0 spiro atoms. The molecule has 0 saturated heterocycles. The highest BCUT2D eigenvalue weighted by molar-refractivity contribution is 5.87. The number of hydrogen-bond acceptors (Lipinski definition) is 3. The van der Waals surface area contributed by atoms with Gasteiger partial charge in [-0.15, -0.1) is 0 Å². The van der Waals surface area contributed by atoms with Crippen LogP contribution in [-0.4, -0.2) is 28.8 Å². The number of carboxylic acid groups (broad SMARTS) is 1. The maximum absolute atomic E-state index is 12.5. The number of rotatable bonds is 4. The Hall–Kier alpha value is -3.60. The van der Waals surface area contributed by atoms with E-state index in [4.69, 9.17) is 4.74 Å². The minimum absolute atomic E-state index is 0.0488. The van der Waals surface area contributed by atoms with Crippen LogP contribution in [0.25, 0.3) is 11.1 Å². The number of ether oxygens (including phenoxy) is 1. The summed E-state index contributed by atoms with van der Waals surface area (Å²) in [4.78, 5) is 24.8. The van der Waals surface area contributed by atoms with E-state index in [9.17, 15) is 14.7 Å². The molecule has 3 aromatic carbocycles. The minimum Gasteiger partial charge on any atom is -0.465 e. The van der Waals surface area contributed by atoms with Gasteiger partial charge >= 0.3 is 12.2 Å². The summed E-state index contributed by atoms with van der Waals surface area (Å²) < 4.78 is 5.44. The fraction of sp³-hybridized carbons (Fsp3) is 0.130. The monoisotopic (exact) mass is 373 g/mol. The van der Waals surface area contributed by atoms with E-state index in [1.165, 1.54) is 0 Å². The van der Waals surface area contributed by atoms with Gasteiger partial charge in [0.2, 0.25) is 0 Å². The molecular formula is C23H19NO4. The van der Waals surface area contributed by atoms with Crippen LogP contribution in [0.3, 0.4) is 0 Å². The van der Waals surface area contributed by atoms with Gasteiger partial charge in [-0.05, 0) is 27.8 Å². The largest absolute Gasteiger partial charge is 0.465 e. The first-order valence-corrected chi connectivity index (χ1v) is 9.04. The number of hydrogen-bond donors (Lipinski definition) is 1. The van der Waals surface area contributed by atoms with E-state index >= 15 is 0 Å². The second-order valence-electron chi connectivity index (χ2n) is 6.66. The fourth-order valence-electron chi connectivity index (χ4n) is 3.65. The summed E-state index contributed by atoms with van der Waals surface area (Å²) >= 11 is 0. The van der Waals surface area contributed by atoms with Crippen molar-refractivity contribution in [2.75, 3.05) is 6.61 Å². The van der Waals surface area contributed by atoms with Crippen LogP contribution >= 0.6 is 0 Å². The molecule has 28 heavy (non-hydrogen) atoms. The first-order chi connectivity index (χ1) is 13.6. The molecule has 0 bridgehead atoms. The lowest BCUT2D eigenvalue weighted by Gasteiger charge is -2.19. The molecule has 3 aromatic rings. The van der Waals surface area contributed by atoms with Crippen LogP contribution in [0.2, 0.25) is 0 Å². The highest BCUT2D eigenvalue weighted by Crippen LogP contribution is 2.44. The second-order valence-corrected chi connectivity index (χ2v) is 6.66. The molecule has 1 N–H and O–H groups in total. The van der Waals surface area contributed by atoms with Gasteiger partial charge < -0.3 is 9.84 Å². The molecule has 140 valence electrons. The molecule has 0 fully saturated rings. The molecule has 1 aliphatic carbocycles. The fourth-order valence-corrected chi connectivity index (χ4v) is 3.65. The van der Waals surface area contributed by atoms with Crippen molar-refractivity contribution >= 4 is 12.2 Å². The SMILES string of the molecule is O=C(O)N(Cc1ccccc1)C(=O)OCC1c2ccccc2-c2ccccc21. The summed E-state index contributed by atoms with van der Waals surface area (Å²) in [6.45, 7) is 0.0400. The molecule has 1 aliphatic rings. The van der Waals surface area contributed by atoms with Crippen LogP contribution < -0.4 is 0 Å². The van der Waals surface area contributed by atoms with Crippen molar-refractivity contribution in [3.05, 3.63) is 95.6 Å². The quantitative estimate of drug-likeness (QED) is 0.690. The van der Waals surface area contributed by atoms with Crippen molar-refractivity contribution < 1.29 is 19.4 Å². The predicted octanol–water partition coefficient (Wildman–Crippen LogP) is 5.12. The summed E-state index contributed by atoms with van der Waals surface area (Å²) in [6.07, 6.45) is -2.20. The number of amides is 2. The van der Waals surface area contributed by atoms with Crippen molar-refractivity contribution in [3.63, 3.8) is 0 Å². The van der Waals surface area contributed by atoms with Gasteiger partial charge in [0.15, 0.2) is 0 Å². The summed E-state index contributed by atoms with van der Waals surface area (Å²) in [7, 11) is 0. The third-order valence-electron chi connectivity index (χ3n) is 4.97. The normalized spacial score (nSPS) is 12.1. The van der Waals surface area contributed by atoms with Crippen LogP contribution in [0.15, 0.2) is 78.9 Å². The van der Waals surface area contributed by atoms with E-state index in [2.05, 4.69) is 12.1 Å². The number of nitrogens with zero attached hydrogens (tertiary/aromatic N) is 1. The van der Waals surface area contributed by atoms with Gasteiger partial charge in [0.05, 0.1) is 6.54 Å². The van der Waals surface area contributed by atoms with E-state index in [1.807, 2.05) is 42.5 Å². The second kappa shape index (κ2) is 7.56. The molecule has 2 amide bonds. The van der Waals surface area contributed by atoms with Gasteiger partial charge in [-0.1, -0.05) is 78.9 Å². The molecule has 4 rings (SSSR count). The lowest BCUT2D eigenvalue weighted by molar-refractivity contribution is 0.0902. The molecule has 5 heteroatoms. The molecule has 0 aliphatic heterocycles. The smallest absolute Gasteiger partial charge is 0.419 e.